The van der Waals surface area contributed by atoms with Crippen LogP contribution in [0.5, 0.6) is 5.75 Å². The molecule has 0 saturated heterocycles. The number of carbonyl (C=O) groups excluding carboxylic acids is 1. The fourth-order valence-corrected chi connectivity index (χ4v) is 4.57. The van der Waals surface area contributed by atoms with Crippen molar-refractivity contribution in [2.75, 3.05) is 11.5 Å². The number of halogens is 1. The lowest BCUT2D eigenvalue weighted by Gasteiger charge is -2.23. The number of thiazole rings is 1. The molecule has 1 aliphatic rings. The molecule has 0 radical (unpaired) electrons. The van der Waals surface area contributed by atoms with Crippen LogP contribution in [0.3, 0.4) is 0 Å². The summed E-state index contributed by atoms with van der Waals surface area (Å²) in [7, 11) is 0. The highest BCUT2D eigenvalue weighted by Gasteiger charge is 2.44. The van der Waals surface area contributed by atoms with Crippen LogP contribution in [-0.2, 0) is 0 Å². The lowest BCUT2D eigenvalue weighted by Crippen LogP contribution is -2.29. The number of fused-ring (bicyclic) bond motifs is 2. The zero-order chi connectivity index (χ0) is 20.8. The number of ether oxygens (including phenoxy) is 1. The number of benzene rings is 2. The second kappa shape index (κ2) is 7.27. The maximum absolute atomic E-state index is 13.5. The quantitative estimate of drug-likeness (QED) is 0.445. The van der Waals surface area contributed by atoms with Crippen LogP contribution in [0, 0.1) is 0 Å². The Hall–Kier alpha value is -3.16. The van der Waals surface area contributed by atoms with Crippen LogP contribution in [0.1, 0.15) is 34.6 Å². The van der Waals surface area contributed by atoms with E-state index in [-0.39, 0.29) is 16.8 Å². The number of anilines is 1. The van der Waals surface area contributed by atoms with Gasteiger partial charge in [-0.15, -0.1) is 11.3 Å². The summed E-state index contributed by atoms with van der Waals surface area (Å²) in [5.41, 5.74) is 1.04. The number of aromatic nitrogens is 1. The minimum Gasteiger partial charge on any atom is -0.494 e. The van der Waals surface area contributed by atoms with Gasteiger partial charge in [-0.2, -0.15) is 0 Å². The SMILES string of the molecule is CCOc1cccc([C@@H]2c3c(oc4ccc(Cl)cc4c3=O)C(=O)N2c2nccs2)c1. The van der Waals surface area contributed by atoms with Crippen molar-refractivity contribution >= 4 is 44.9 Å². The van der Waals surface area contributed by atoms with Gasteiger partial charge in [0.05, 0.1) is 23.6 Å². The molecule has 0 aliphatic carbocycles. The van der Waals surface area contributed by atoms with Gasteiger partial charge in [-0.3, -0.25) is 14.5 Å². The highest BCUT2D eigenvalue weighted by molar-refractivity contribution is 7.13. The Morgan fingerprint density at radius 1 is 1.23 bits per heavy atom. The molecular formula is C22H15ClN2O4S. The van der Waals surface area contributed by atoms with Gasteiger partial charge in [-0.25, -0.2) is 4.98 Å². The molecule has 150 valence electrons. The molecule has 1 amide bonds. The van der Waals surface area contributed by atoms with Gasteiger partial charge in [0.2, 0.25) is 5.76 Å². The number of carbonyl (C=O) groups is 1. The zero-order valence-corrected chi connectivity index (χ0v) is 17.4. The first kappa shape index (κ1) is 18.8. The summed E-state index contributed by atoms with van der Waals surface area (Å²) in [5, 5.41) is 3.02. The second-order valence-corrected chi connectivity index (χ2v) is 8.02. The summed E-state index contributed by atoms with van der Waals surface area (Å²) < 4.78 is 11.5. The first-order valence-electron chi connectivity index (χ1n) is 9.30. The molecule has 0 saturated carbocycles. The average Bonchev–Trinajstić information content (AvgIpc) is 3.36. The molecule has 30 heavy (non-hydrogen) atoms. The van der Waals surface area contributed by atoms with Gasteiger partial charge in [-0.05, 0) is 42.8 Å². The molecule has 0 spiro atoms. The largest absolute Gasteiger partial charge is 0.494 e. The molecule has 5 rings (SSSR count). The number of hydrogen-bond acceptors (Lipinski definition) is 6. The third-order valence-corrected chi connectivity index (χ3v) is 5.95. The third kappa shape index (κ3) is 2.89. The normalized spacial score (nSPS) is 15.6. The van der Waals surface area contributed by atoms with Crippen molar-refractivity contribution < 1.29 is 13.9 Å². The standard InChI is InChI=1S/C22H15ClN2O4S/c1-2-28-14-5-3-4-12(10-14)18-17-19(26)15-11-13(23)6-7-16(15)29-20(17)21(27)25(18)22-24-8-9-30-22/h3-11,18H,2H2,1H3/t18-/m1/s1. The summed E-state index contributed by atoms with van der Waals surface area (Å²) in [5.74, 6) is 0.278. The van der Waals surface area contributed by atoms with Crippen molar-refractivity contribution in [3.8, 4) is 5.75 Å². The number of rotatable bonds is 4. The van der Waals surface area contributed by atoms with E-state index in [1.165, 1.54) is 16.2 Å². The molecule has 6 nitrogen and oxygen atoms in total. The molecule has 0 N–H and O–H groups in total. The van der Waals surface area contributed by atoms with E-state index in [0.717, 1.165) is 5.56 Å². The van der Waals surface area contributed by atoms with Crippen molar-refractivity contribution in [1.29, 1.82) is 0 Å². The monoisotopic (exact) mass is 438 g/mol. The summed E-state index contributed by atoms with van der Waals surface area (Å²) in [4.78, 5) is 32.6. The third-order valence-electron chi connectivity index (χ3n) is 4.94. The van der Waals surface area contributed by atoms with E-state index in [4.69, 9.17) is 20.8 Å². The molecule has 1 atom stereocenters. The Kier molecular flexibility index (Phi) is 4.56. The highest BCUT2D eigenvalue weighted by Crippen LogP contribution is 2.42. The van der Waals surface area contributed by atoms with Crippen molar-refractivity contribution in [2.45, 2.75) is 13.0 Å². The van der Waals surface area contributed by atoms with Gasteiger partial charge in [-0.1, -0.05) is 23.7 Å². The highest BCUT2D eigenvalue weighted by atomic mass is 35.5. The molecule has 3 heterocycles. The Morgan fingerprint density at radius 3 is 2.87 bits per heavy atom. The van der Waals surface area contributed by atoms with Crippen LogP contribution in [-0.4, -0.2) is 17.5 Å². The van der Waals surface area contributed by atoms with E-state index in [1.807, 2.05) is 31.2 Å². The molecule has 0 bridgehead atoms. The fraction of sp³-hybridized carbons (Fsp3) is 0.136. The summed E-state index contributed by atoms with van der Waals surface area (Å²) >= 11 is 7.42. The zero-order valence-electron chi connectivity index (χ0n) is 15.8. The first-order chi connectivity index (χ1) is 14.6. The minimum absolute atomic E-state index is 0.0248. The molecule has 8 heteroatoms. The maximum atomic E-state index is 13.5. The van der Waals surface area contributed by atoms with Crippen LogP contribution in [0.25, 0.3) is 11.0 Å². The van der Waals surface area contributed by atoms with Crippen LogP contribution in [0.4, 0.5) is 5.13 Å². The van der Waals surface area contributed by atoms with Crippen LogP contribution < -0.4 is 15.1 Å². The summed E-state index contributed by atoms with van der Waals surface area (Å²) in [6.07, 6.45) is 1.62. The molecule has 2 aromatic heterocycles. The van der Waals surface area contributed by atoms with Gasteiger partial charge in [0.15, 0.2) is 10.6 Å². The van der Waals surface area contributed by atoms with E-state index >= 15 is 0 Å². The lowest BCUT2D eigenvalue weighted by atomic mass is 9.98. The Bertz CT molecular complexity index is 1330. The predicted octanol–water partition coefficient (Wildman–Crippen LogP) is 5.05. The first-order valence-corrected chi connectivity index (χ1v) is 10.6. The van der Waals surface area contributed by atoms with E-state index in [9.17, 15) is 9.59 Å². The Labute approximate surface area is 180 Å². The van der Waals surface area contributed by atoms with Gasteiger partial charge >= 0.3 is 0 Å². The maximum Gasteiger partial charge on any atom is 0.297 e. The second-order valence-electron chi connectivity index (χ2n) is 6.71. The predicted molar refractivity (Wildman–Crippen MR) is 116 cm³/mol. The van der Waals surface area contributed by atoms with E-state index in [0.29, 0.717) is 33.5 Å². The summed E-state index contributed by atoms with van der Waals surface area (Å²) in [6, 6.07) is 11.5. The van der Waals surface area contributed by atoms with Gasteiger partial charge < -0.3 is 9.15 Å². The molecule has 4 aromatic rings. The van der Waals surface area contributed by atoms with Crippen molar-refractivity contribution in [2.24, 2.45) is 0 Å². The molecule has 1 aliphatic heterocycles. The van der Waals surface area contributed by atoms with Crippen molar-refractivity contribution in [1.82, 2.24) is 4.98 Å². The molecule has 2 aromatic carbocycles. The van der Waals surface area contributed by atoms with Gasteiger partial charge in [0.25, 0.3) is 5.91 Å². The molecule has 0 unspecified atom stereocenters. The molecule has 0 fully saturated rings. The summed E-state index contributed by atoms with van der Waals surface area (Å²) in [6.45, 7) is 2.40. The molecular weight excluding hydrogens is 424 g/mol. The van der Waals surface area contributed by atoms with E-state index < -0.39 is 11.9 Å². The van der Waals surface area contributed by atoms with Crippen molar-refractivity contribution in [3.05, 3.63) is 86.2 Å². The lowest BCUT2D eigenvalue weighted by molar-refractivity contribution is 0.0971. The van der Waals surface area contributed by atoms with Gasteiger partial charge in [0, 0.05) is 16.6 Å². The number of hydrogen-bond donors (Lipinski definition) is 0. The average molecular weight is 439 g/mol. The Balaban J connectivity index is 1.80. The fourth-order valence-electron chi connectivity index (χ4n) is 3.73. The van der Waals surface area contributed by atoms with Crippen molar-refractivity contribution in [3.63, 3.8) is 0 Å². The van der Waals surface area contributed by atoms with Crippen LogP contribution in [0.15, 0.2) is 63.3 Å². The van der Waals surface area contributed by atoms with E-state index in [1.54, 1.807) is 29.8 Å². The van der Waals surface area contributed by atoms with Crippen LogP contribution >= 0.6 is 22.9 Å². The topological polar surface area (TPSA) is 72.6 Å². The number of nitrogens with zero attached hydrogens (tertiary/aromatic N) is 2. The van der Waals surface area contributed by atoms with E-state index in [2.05, 4.69) is 4.98 Å². The van der Waals surface area contributed by atoms with Crippen LogP contribution in [0.2, 0.25) is 5.02 Å². The Morgan fingerprint density at radius 2 is 2.10 bits per heavy atom. The smallest absolute Gasteiger partial charge is 0.297 e. The minimum atomic E-state index is -0.682. The number of amides is 1. The van der Waals surface area contributed by atoms with Gasteiger partial charge in [0.1, 0.15) is 11.3 Å².